The van der Waals surface area contributed by atoms with E-state index in [1.807, 2.05) is 0 Å². The van der Waals surface area contributed by atoms with Crippen molar-refractivity contribution in [2.24, 2.45) is 0 Å². The summed E-state index contributed by atoms with van der Waals surface area (Å²) in [5, 5.41) is 0. The molecule has 0 spiro atoms. The molecule has 2 unspecified atom stereocenters. The van der Waals surface area contributed by atoms with E-state index >= 15 is 0 Å². The van der Waals surface area contributed by atoms with E-state index in [1.54, 1.807) is 24.3 Å². The number of alkyl halides is 6. The molecular weight excluding hydrogens is 793 g/mol. The molecule has 9 heteroatoms. The zero-order valence-electron chi connectivity index (χ0n) is 29.3. The molecule has 0 N–H and O–H groups in total. The van der Waals surface area contributed by atoms with Gasteiger partial charge in [-0.2, -0.15) is 0 Å². The van der Waals surface area contributed by atoms with Gasteiger partial charge >= 0.3 is 297 Å². The number of halogens is 8. The molecule has 0 bridgehead atoms. The molecule has 2 aliphatic carbocycles. The molecule has 2 atom stereocenters. The van der Waals surface area contributed by atoms with E-state index in [0.717, 1.165) is 60.8 Å². The van der Waals surface area contributed by atoms with Gasteiger partial charge in [0.2, 0.25) is 0 Å². The van der Waals surface area contributed by atoms with E-state index < -0.39 is 43.7 Å². The van der Waals surface area contributed by atoms with Crippen LogP contribution in [0, 0.1) is 0 Å². The fourth-order valence-electron chi connectivity index (χ4n) is 8.99. The molecular formula is C43H42Cl2F6Zr. The van der Waals surface area contributed by atoms with E-state index in [1.165, 1.54) is 72.3 Å². The molecule has 0 radical (unpaired) electrons. The first-order chi connectivity index (χ1) is 24.0. The number of unbranched alkanes of at least 4 members (excludes halogenated alkanes) is 2. The van der Waals surface area contributed by atoms with Crippen LogP contribution in [0.25, 0.3) is 34.4 Å². The van der Waals surface area contributed by atoms with Gasteiger partial charge in [-0.3, -0.25) is 0 Å². The average molecular weight is 835 g/mol. The number of hydrogen-bond acceptors (Lipinski definition) is 0. The second-order valence-electron chi connectivity index (χ2n) is 14.4. The van der Waals surface area contributed by atoms with E-state index in [0.29, 0.717) is 7.25 Å². The Morgan fingerprint density at radius 1 is 0.558 bits per heavy atom. The molecule has 0 nitrogen and oxygen atoms in total. The molecule has 0 amide bonds. The normalized spacial score (nSPS) is 18.1. The number of allylic oxidation sites excluding steroid dienone is 2. The first-order valence-corrected chi connectivity index (χ1v) is 24.3. The standard InChI is InChI=1S/2C20H18F3.C3H6.2ClH.Zr/c2*1-2-3-5-14-12-16-6-4-7-18(19(16)13-14)15-8-10-17(11-9-15)20(21,22)23;1-3-2;;;/h2*4,6-13H,2-3,5H2,1H3;1-3H2;2*1H;/q;;;;;+2/p-2. The third kappa shape index (κ3) is 7.41. The van der Waals surface area contributed by atoms with Crippen molar-refractivity contribution in [1.29, 1.82) is 0 Å². The van der Waals surface area contributed by atoms with Gasteiger partial charge in [-0.05, 0) is 0 Å². The van der Waals surface area contributed by atoms with Crippen molar-refractivity contribution in [3.63, 3.8) is 0 Å². The van der Waals surface area contributed by atoms with Gasteiger partial charge in [0.25, 0.3) is 0 Å². The third-order valence-corrected chi connectivity index (χ3v) is 26.7. The van der Waals surface area contributed by atoms with E-state index in [9.17, 15) is 26.3 Å². The van der Waals surface area contributed by atoms with Crippen LogP contribution in [-0.2, 0) is 32.6 Å². The van der Waals surface area contributed by atoms with Crippen LogP contribution < -0.4 is 24.8 Å². The summed E-state index contributed by atoms with van der Waals surface area (Å²) >= 11 is -3.22. The minimum atomic E-state index is -4.38. The smallest absolute Gasteiger partial charge is 1.00 e. The van der Waals surface area contributed by atoms with Gasteiger partial charge in [0.05, 0.1) is 0 Å². The average Bonchev–Trinajstić information content (AvgIpc) is 3.64. The summed E-state index contributed by atoms with van der Waals surface area (Å²) in [7, 11) is 0. The van der Waals surface area contributed by atoms with Gasteiger partial charge in [0, 0.05) is 0 Å². The minimum Gasteiger partial charge on any atom is -1.00 e. The van der Waals surface area contributed by atoms with E-state index in [-0.39, 0.29) is 24.8 Å². The van der Waals surface area contributed by atoms with Crippen molar-refractivity contribution < 1.29 is 71.4 Å². The third-order valence-electron chi connectivity index (χ3n) is 11.4. The number of hydrogen-bond donors (Lipinski definition) is 0. The van der Waals surface area contributed by atoms with E-state index in [2.05, 4.69) is 62.4 Å². The van der Waals surface area contributed by atoms with Gasteiger partial charge in [0.1, 0.15) is 0 Å². The van der Waals surface area contributed by atoms with Crippen molar-refractivity contribution in [2.45, 2.75) is 86.7 Å². The second-order valence-corrected chi connectivity index (χ2v) is 25.7. The topological polar surface area (TPSA) is 0 Å². The van der Waals surface area contributed by atoms with Crippen molar-refractivity contribution in [2.75, 3.05) is 0 Å². The Hall–Kier alpha value is -2.60. The van der Waals surface area contributed by atoms with Gasteiger partial charge < -0.3 is 24.8 Å². The van der Waals surface area contributed by atoms with Crippen molar-refractivity contribution in [3.05, 3.63) is 129 Å². The van der Waals surface area contributed by atoms with Crippen molar-refractivity contribution in [3.8, 4) is 22.3 Å². The summed E-state index contributed by atoms with van der Waals surface area (Å²) in [4.78, 5) is 0. The van der Waals surface area contributed by atoms with Gasteiger partial charge in [0.15, 0.2) is 0 Å². The molecule has 1 heterocycles. The zero-order chi connectivity index (χ0) is 35.3. The maximum atomic E-state index is 13.4. The Morgan fingerprint density at radius 3 is 1.25 bits per heavy atom. The molecule has 3 aliphatic rings. The number of rotatable bonds is 10. The summed E-state index contributed by atoms with van der Waals surface area (Å²) in [5.74, 6) is 0. The van der Waals surface area contributed by atoms with Gasteiger partial charge in [-0.1, -0.05) is 0 Å². The maximum absolute atomic E-state index is 13.4. The molecule has 4 aromatic rings. The largest absolute Gasteiger partial charge is 1.00 e. The van der Waals surface area contributed by atoms with Crippen LogP contribution >= 0.6 is 0 Å². The molecule has 1 fully saturated rings. The molecule has 52 heavy (non-hydrogen) atoms. The zero-order valence-corrected chi connectivity index (χ0v) is 33.2. The molecule has 274 valence electrons. The predicted molar refractivity (Wildman–Crippen MR) is 188 cm³/mol. The second kappa shape index (κ2) is 16.0. The van der Waals surface area contributed by atoms with Crippen LogP contribution in [0.4, 0.5) is 26.3 Å². The van der Waals surface area contributed by atoms with Crippen LogP contribution in [0.1, 0.15) is 99.4 Å². The fraction of sp³-hybridized carbons (Fsp3) is 0.349. The molecule has 0 aromatic heterocycles. The van der Waals surface area contributed by atoms with Crippen LogP contribution in [0.5, 0.6) is 0 Å². The van der Waals surface area contributed by atoms with Crippen LogP contribution in [0.2, 0.25) is 8.26 Å². The molecule has 4 aromatic carbocycles. The Kier molecular flexibility index (Phi) is 12.5. The summed E-state index contributed by atoms with van der Waals surface area (Å²) in [5.41, 5.74) is 10.3. The van der Waals surface area contributed by atoms with E-state index in [4.69, 9.17) is 0 Å². The quantitative estimate of drug-likeness (QED) is 0.141. The number of fused-ring (bicyclic) bond motifs is 2. The summed E-state index contributed by atoms with van der Waals surface area (Å²) in [6, 6.07) is 24.0. The Labute approximate surface area is 320 Å². The first kappa shape index (κ1) is 40.6. The van der Waals surface area contributed by atoms with Crippen molar-refractivity contribution >= 4 is 12.2 Å². The SMILES string of the molecule is CCCCC1=Cc2c(-c3ccc(C(F)(F)F)cc3)cccc2[CH]1[Zr+2]1([CH]2C(CCCC)=Cc3c(-c4ccc(C(F)(F)F)cc4)cccc32)[CH2]C[CH2]1.[Cl-].[Cl-]. The molecule has 7 rings (SSSR count). The summed E-state index contributed by atoms with van der Waals surface area (Å²) in [6.07, 6.45) is 3.61. The number of benzene rings is 4. The first-order valence-electron chi connectivity index (χ1n) is 18.0. The maximum Gasteiger partial charge on any atom is -1.00 e. The molecule has 1 saturated heterocycles. The Morgan fingerprint density at radius 2 is 0.942 bits per heavy atom. The summed E-state index contributed by atoms with van der Waals surface area (Å²) < 4.78 is 83.9. The minimum absolute atomic E-state index is 0. The Balaban J connectivity index is 0.00000261. The van der Waals surface area contributed by atoms with Crippen LogP contribution in [-0.4, -0.2) is 0 Å². The Bertz CT molecular complexity index is 1800. The van der Waals surface area contributed by atoms with Crippen LogP contribution in [0.15, 0.2) is 96.1 Å². The molecule has 0 saturated carbocycles. The van der Waals surface area contributed by atoms with Gasteiger partial charge in [-0.25, -0.2) is 0 Å². The van der Waals surface area contributed by atoms with Gasteiger partial charge in [-0.15, -0.1) is 0 Å². The summed E-state index contributed by atoms with van der Waals surface area (Å²) in [6.45, 7) is 4.44. The molecule has 1 aliphatic heterocycles. The van der Waals surface area contributed by atoms with Crippen molar-refractivity contribution in [1.82, 2.24) is 0 Å². The monoisotopic (exact) mass is 832 g/mol. The predicted octanol–water partition coefficient (Wildman–Crippen LogP) is 8.42. The van der Waals surface area contributed by atoms with Crippen LogP contribution in [0.3, 0.4) is 0 Å². The fourth-order valence-corrected chi connectivity index (χ4v) is 24.6.